The summed E-state index contributed by atoms with van der Waals surface area (Å²) in [6.45, 7) is 8.86. The Labute approximate surface area is 106 Å². The van der Waals surface area contributed by atoms with E-state index in [-0.39, 0.29) is 0 Å². The number of benzene rings is 1. The number of hydrogen-bond donors (Lipinski definition) is 2. The van der Waals surface area contributed by atoms with Crippen molar-refractivity contribution in [3.63, 3.8) is 0 Å². The Balaban J connectivity index is 0.00000121. The van der Waals surface area contributed by atoms with Gasteiger partial charge < -0.3 is 10.4 Å². The van der Waals surface area contributed by atoms with E-state index >= 15 is 0 Å². The predicted octanol–water partition coefficient (Wildman–Crippen LogP) is 3.77. The van der Waals surface area contributed by atoms with E-state index in [0.29, 0.717) is 6.04 Å². The SMILES string of the molecule is CCc1ccc(NC(CC)CC)cc1C.CO. The van der Waals surface area contributed by atoms with Crippen molar-refractivity contribution in [1.29, 1.82) is 0 Å². The molecule has 0 aliphatic heterocycles. The molecule has 0 radical (unpaired) electrons. The third-order valence-electron chi connectivity index (χ3n) is 3.08. The summed E-state index contributed by atoms with van der Waals surface area (Å²) in [7, 11) is 1.00. The van der Waals surface area contributed by atoms with Gasteiger partial charge in [-0.2, -0.15) is 0 Å². The minimum absolute atomic E-state index is 0.608. The lowest BCUT2D eigenvalue weighted by atomic mass is 10.0. The molecule has 0 bridgehead atoms. The largest absolute Gasteiger partial charge is 0.400 e. The molecule has 2 N–H and O–H groups in total. The Hall–Kier alpha value is -1.02. The maximum Gasteiger partial charge on any atom is 0.0345 e. The Morgan fingerprint density at radius 1 is 1.12 bits per heavy atom. The third-order valence-corrected chi connectivity index (χ3v) is 3.08. The summed E-state index contributed by atoms with van der Waals surface area (Å²) < 4.78 is 0. The molecule has 0 aliphatic carbocycles. The Morgan fingerprint density at radius 3 is 2.12 bits per heavy atom. The molecule has 0 saturated carbocycles. The maximum atomic E-state index is 7.00. The molecule has 1 aromatic carbocycles. The second kappa shape index (κ2) is 9.06. The van der Waals surface area contributed by atoms with E-state index in [9.17, 15) is 0 Å². The van der Waals surface area contributed by atoms with Crippen molar-refractivity contribution in [2.24, 2.45) is 0 Å². The highest BCUT2D eigenvalue weighted by Gasteiger charge is 2.03. The van der Waals surface area contributed by atoms with Crippen molar-refractivity contribution >= 4 is 5.69 Å². The molecule has 0 fully saturated rings. The molecule has 1 rings (SSSR count). The minimum Gasteiger partial charge on any atom is -0.400 e. The standard InChI is InChI=1S/C14H23N.CH4O/c1-5-12-8-9-14(10-11(12)4)15-13(6-2)7-3;1-2/h8-10,13,15H,5-7H2,1-4H3;2H,1H3. The average Bonchev–Trinajstić information content (AvgIpc) is 2.38. The molecule has 0 unspecified atom stereocenters. The van der Waals surface area contributed by atoms with Gasteiger partial charge in [0.15, 0.2) is 0 Å². The molecule has 98 valence electrons. The number of anilines is 1. The lowest BCUT2D eigenvalue weighted by Gasteiger charge is -2.17. The van der Waals surface area contributed by atoms with Gasteiger partial charge in [-0.25, -0.2) is 0 Å². The third kappa shape index (κ3) is 5.22. The van der Waals surface area contributed by atoms with Gasteiger partial charge >= 0.3 is 0 Å². The Morgan fingerprint density at radius 2 is 1.71 bits per heavy atom. The van der Waals surface area contributed by atoms with Crippen LogP contribution >= 0.6 is 0 Å². The van der Waals surface area contributed by atoms with E-state index in [1.807, 2.05) is 0 Å². The zero-order valence-corrected chi connectivity index (χ0v) is 11.9. The van der Waals surface area contributed by atoms with Gasteiger partial charge in [-0.3, -0.25) is 0 Å². The molecule has 17 heavy (non-hydrogen) atoms. The van der Waals surface area contributed by atoms with Gasteiger partial charge in [0.1, 0.15) is 0 Å². The summed E-state index contributed by atoms with van der Waals surface area (Å²) in [5.74, 6) is 0. The van der Waals surface area contributed by atoms with Crippen LogP contribution in [0, 0.1) is 6.92 Å². The second-order valence-electron chi connectivity index (χ2n) is 4.15. The number of aryl methyl sites for hydroxylation is 2. The van der Waals surface area contributed by atoms with Crippen LogP contribution < -0.4 is 5.32 Å². The van der Waals surface area contributed by atoms with Crippen LogP contribution in [0.5, 0.6) is 0 Å². The van der Waals surface area contributed by atoms with Gasteiger partial charge in [0.25, 0.3) is 0 Å². The van der Waals surface area contributed by atoms with Gasteiger partial charge in [0, 0.05) is 18.8 Å². The molecule has 0 aliphatic rings. The summed E-state index contributed by atoms with van der Waals surface area (Å²) in [5.41, 5.74) is 4.11. The summed E-state index contributed by atoms with van der Waals surface area (Å²) in [4.78, 5) is 0. The first-order valence-corrected chi connectivity index (χ1v) is 6.52. The van der Waals surface area contributed by atoms with Crippen LogP contribution in [0.2, 0.25) is 0 Å². The van der Waals surface area contributed by atoms with Crippen LogP contribution in [0.1, 0.15) is 44.7 Å². The second-order valence-corrected chi connectivity index (χ2v) is 4.15. The quantitative estimate of drug-likeness (QED) is 0.817. The van der Waals surface area contributed by atoms with Crippen molar-refractivity contribution in [1.82, 2.24) is 0 Å². The van der Waals surface area contributed by atoms with Gasteiger partial charge in [-0.15, -0.1) is 0 Å². The molecule has 0 amide bonds. The number of aliphatic hydroxyl groups excluding tert-OH is 1. The van der Waals surface area contributed by atoms with Crippen LogP contribution in [0.25, 0.3) is 0 Å². The number of hydrogen-bond acceptors (Lipinski definition) is 2. The minimum atomic E-state index is 0.608. The molecule has 1 aromatic rings. The lowest BCUT2D eigenvalue weighted by Crippen LogP contribution is -2.16. The van der Waals surface area contributed by atoms with Crippen LogP contribution in [0.15, 0.2) is 18.2 Å². The van der Waals surface area contributed by atoms with Crippen LogP contribution in [0.4, 0.5) is 5.69 Å². The van der Waals surface area contributed by atoms with Crippen molar-refractivity contribution in [3.8, 4) is 0 Å². The maximum absolute atomic E-state index is 7.00. The highest BCUT2D eigenvalue weighted by molar-refractivity contribution is 5.49. The van der Waals surface area contributed by atoms with Crippen LogP contribution in [-0.4, -0.2) is 18.3 Å². The fourth-order valence-corrected chi connectivity index (χ4v) is 1.91. The van der Waals surface area contributed by atoms with Crippen LogP contribution in [-0.2, 0) is 6.42 Å². The molecular formula is C15H27NO. The molecule has 0 saturated heterocycles. The summed E-state index contributed by atoms with van der Waals surface area (Å²) in [5, 5.41) is 10.6. The summed E-state index contributed by atoms with van der Waals surface area (Å²) in [6.07, 6.45) is 3.49. The van der Waals surface area contributed by atoms with Crippen molar-refractivity contribution in [3.05, 3.63) is 29.3 Å². The molecule has 0 atom stereocenters. The van der Waals surface area contributed by atoms with Crippen molar-refractivity contribution in [2.75, 3.05) is 12.4 Å². The molecule has 2 nitrogen and oxygen atoms in total. The van der Waals surface area contributed by atoms with Gasteiger partial charge in [0.05, 0.1) is 0 Å². The Bertz CT molecular complexity index is 306. The average molecular weight is 237 g/mol. The van der Waals surface area contributed by atoms with Gasteiger partial charge in [-0.05, 0) is 49.4 Å². The van der Waals surface area contributed by atoms with E-state index in [0.717, 1.165) is 13.5 Å². The van der Waals surface area contributed by atoms with E-state index in [2.05, 4.69) is 51.2 Å². The summed E-state index contributed by atoms with van der Waals surface area (Å²) >= 11 is 0. The monoisotopic (exact) mass is 237 g/mol. The first-order chi connectivity index (χ1) is 8.21. The highest BCUT2D eigenvalue weighted by Crippen LogP contribution is 2.17. The molecule has 0 aromatic heterocycles. The first kappa shape index (κ1) is 16.0. The van der Waals surface area contributed by atoms with Crippen molar-refractivity contribution < 1.29 is 5.11 Å². The predicted molar refractivity (Wildman–Crippen MR) is 76.7 cm³/mol. The smallest absolute Gasteiger partial charge is 0.0345 e. The topological polar surface area (TPSA) is 32.3 Å². The first-order valence-electron chi connectivity index (χ1n) is 6.52. The fraction of sp³-hybridized carbons (Fsp3) is 0.600. The number of nitrogens with one attached hydrogen (secondary N) is 1. The van der Waals surface area contributed by atoms with E-state index in [1.54, 1.807) is 0 Å². The van der Waals surface area contributed by atoms with Crippen LogP contribution in [0.3, 0.4) is 0 Å². The number of aliphatic hydroxyl groups is 1. The highest BCUT2D eigenvalue weighted by atomic mass is 16.2. The van der Waals surface area contributed by atoms with E-state index in [1.165, 1.54) is 29.7 Å². The molecule has 2 heteroatoms. The fourth-order valence-electron chi connectivity index (χ4n) is 1.91. The zero-order chi connectivity index (χ0) is 13.3. The van der Waals surface area contributed by atoms with E-state index in [4.69, 9.17) is 5.11 Å². The zero-order valence-electron chi connectivity index (χ0n) is 11.9. The lowest BCUT2D eigenvalue weighted by molar-refractivity contribution is 0.399. The van der Waals surface area contributed by atoms with Gasteiger partial charge in [0.2, 0.25) is 0 Å². The molecule has 0 spiro atoms. The molecular weight excluding hydrogens is 210 g/mol. The number of rotatable bonds is 5. The van der Waals surface area contributed by atoms with E-state index < -0.39 is 0 Å². The van der Waals surface area contributed by atoms with Crippen molar-refractivity contribution in [2.45, 2.75) is 53.0 Å². The Kier molecular flexibility index (Phi) is 8.51. The normalized spacial score (nSPS) is 9.82. The summed E-state index contributed by atoms with van der Waals surface area (Å²) in [6, 6.07) is 7.30. The molecule has 0 heterocycles. The van der Waals surface area contributed by atoms with Gasteiger partial charge in [-0.1, -0.05) is 26.8 Å².